The fourth-order valence-electron chi connectivity index (χ4n) is 5.62. The lowest BCUT2D eigenvalue weighted by molar-refractivity contribution is 0.109. The van der Waals surface area contributed by atoms with E-state index in [1.807, 2.05) is 0 Å². The van der Waals surface area contributed by atoms with E-state index >= 15 is 0 Å². The van der Waals surface area contributed by atoms with Gasteiger partial charge in [0.05, 0.1) is 7.11 Å². The molecule has 3 aliphatic rings. The van der Waals surface area contributed by atoms with Crippen molar-refractivity contribution in [3.63, 3.8) is 0 Å². The fourth-order valence-corrected chi connectivity index (χ4v) is 5.62. The van der Waals surface area contributed by atoms with Crippen LogP contribution in [-0.4, -0.2) is 44.7 Å². The van der Waals surface area contributed by atoms with Gasteiger partial charge in [-0.05, 0) is 66.4 Å². The zero-order valence-corrected chi connectivity index (χ0v) is 18.8. The highest BCUT2D eigenvalue weighted by Crippen LogP contribution is 2.52. The van der Waals surface area contributed by atoms with Gasteiger partial charge in [-0.2, -0.15) is 0 Å². The molecule has 1 aromatic rings. The Hall–Kier alpha value is -1.22. The molecule has 1 aromatic carbocycles. The molecule has 3 fully saturated rings. The van der Waals surface area contributed by atoms with Gasteiger partial charge in [0.1, 0.15) is 5.75 Å². The summed E-state index contributed by atoms with van der Waals surface area (Å²) in [6, 6.07) is 6.86. The summed E-state index contributed by atoms with van der Waals surface area (Å²) in [5, 5.41) is 0. The fraction of sp³-hybridized carbons (Fsp3) is 0.760. The molecule has 2 unspecified atom stereocenters. The number of piperazine rings is 1. The molecular weight excluding hydrogens is 344 g/mol. The van der Waals surface area contributed by atoms with E-state index in [0.717, 1.165) is 24.8 Å². The largest absolute Gasteiger partial charge is 0.497 e. The lowest BCUT2D eigenvalue weighted by atomic mass is 9.58. The smallest absolute Gasteiger partial charge is 0.120 e. The Morgan fingerprint density at radius 2 is 1.75 bits per heavy atom. The Bertz CT molecular complexity index is 688. The number of methoxy groups -OCH3 is 1. The van der Waals surface area contributed by atoms with Gasteiger partial charge in [0.2, 0.25) is 0 Å². The standard InChI is InChI=1S/C25H40N2O/c1-19-17-24(2,3)10-11-25(19,4)22-9-8-21(28-5)16-23(22)27-14-12-26(13-15-27)18-20-6-7-20/h8-9,16,19-20H,6-7,10-15,17-18H2,1-5H3. The van der Waals surface area contributed by atoms with E-state index in [2.05, 4.69) is 55.7 Å². The van der Waals surface area contributed by atoms with Crippen LogP contribution in [0, 0.1) is 17.3 Å². The van der Waals surface area contributed by atoms with Gasteiger partial charge in [-0.1, -0.05) is 33.8 Å². The number of ether oxygens (including phenoxy) is 1. The Morgan fingerprint density at radius 3 is 2.36 bits per heavy atom. The topological polar surface area (TPSA) is 15.7 Å². The van der Waals surface area contributed by atoms with Crippen LogP contribution in [0.1, 0.15) is 65.4 Å². The second kappa shape index (κ2) is 7.55. The van der Waals surface area contributed by atoms with Gasteiger partial charge >= 0.3 is 0 Å². The molecule has 0 bridgehead atoms. The van der Waals surface area contributed by atoms with Gasteiger partial charge in [0, 0.05) is 44.5 Å². The summed E-state index contributed by atoms with van der Waals surface area (Å²) in [4.78, 5) is 5.32. The number of anilines is 1. The van der Waals surface area contributed by atoms with E-state index in [0.29, 0.717) is 11.3 Å². The molecule has 2 aliphatic carbocycles. The molecule has 2 atom stereocenters. The maximum Gasteiger partial charge on any atom is 0.120 e. The minimum Gasteiger partial charge on any atom is -0.497 e. The number of benzene rings is 1. The van der Waals surface area contributed by atoms with Crippen molar-refractivity contribution in [3.8, 4) is 5.75 Å². The second-order valence-corrected chi connectivity index (χ2v) is 10.8. The summed E-state index contributed by atoms with van der Waals surface area (Å²) in [5.74, 6) is 2.68. The second-order valence-electron chi connectivity index (χ2n) is 10.8. The van der Waals surface area contributed by atoms with E-state index in [1.165, 1.54) is 57.4 Å². The molecule has 3 heteroatoms. The van der Waals surface area contributed by atoms with Crippen LogP contribution in [0.4, 0.5) is 5.69 Å². The van der Waals surface area contributed by atoms with Crippen molar-refractivity contribution in [2.45, 2.75) is 65.2 Å². The lowest BCUT2D eigenvalue weighted by Gasteiger charge is -2.49. The highest BCUT2D eigenvalue weighted by Gasteiger charge is 2.43. The van der Waals surface area contributed by atoms with E-state index in [9.17, 15) is 0 Å². The molecule has 156 valence electrons. The molecule has 3 nitrogen and oxygen atoms in total. The number of hydrogen-bond acceptors (Lipinski definition) is 3. The highest BCUT2D eigenvalue weighted by molar-refractivity contribution is 5.60. The number of hydrogen-bond donors (Lipinski definition) is 0. The first kappa shape index (κ1) is 20.1. The van der Waals surface area contributed by atoms with Crippen molar-refractivity contribution in [2.24, 2.45) is 17.3 Å². The van der Waals surface area contributed by atoms with Gasteiger partial charge in [0.25, 0.3) is 0 Å². The first-order valence-electron chi connectivity index (χ1n) is 11.5. The molecule has 1 saturated heterocycles. The van der Waals surface area contributed by atoms with Crippen molar-refractivity contribution in [2.75, 3.05) is 44.7 Å². The minimum absolute atomic E-state index is 0.252. The minimum atomic E-state index is 0.252. The number of nitrogens with zero attached hydrogens (tertiary/aromatic N) is 2. The third kappa shape index (κ3) is 4.06. The molecule has 4 rings (SSSR count). The maximum atomic E-state index is 5.63. The molecule has 1 aliphatic heterocycles. The normalized spacial score (nSPS) is 31.0. The Balaban J connectivity index is 1.58. The molecule has 0 N–H and O–H groups in total. The van der Waals surface area contributed by atoms with Gasteiger partial charge in [0.15, 0.2) is 0 Å². The summed E-state index contributed by atoms with van der Waals surface area (Å²) in [7, 11) is 1.79. The summed E-state index contributed by atoms with van der Waals surface area (Å²) < 4.78 is 5.63. The Morgan fingerprint density at radius 1 is 1.04 bits per heavy atom. The number of rotatable bonds is 5. The third-order valence-corrected chi connectivity index (χ3v) is 8.01. The summed E-state index contributed by atoms with van der Waals surface area (Å²) in [6.45, 7) is 15.9. The molecule has 0 aromatic heterocycles. The molecule has 28 heavy (non-hydrogen) atoms. The van der Waals surface area contributed by atoms with Gasteiger partial charge in [-0.15, -0.1) is 0 Å². The van der Waals surface area contributed by atoms with Gasteiger partial charge in [-0.25, -0.2) is 0 Å². The first-order chi connectivity index (χ1) is 13.3. The molecular formula is C25H40N2O. The van der Waals surface area contributed by atoms with Crippen LogP contribution in [0.25, 0.3) is 0 Å². The Kier molecular flexibility index (Phi) is 5.41. The zero-order valence-electron chi connectivity index (χ0n) is 18.8. The average molecular weight is 385 g/mol. The van der Waals surface area contributed by atoms with Crippen LogP contribution in [-0.2, 0) is 5.41 Å². The van der Waals surface area contributed by atoms with Gasteiger partial charge < -0.3 is 9.64 Å². The summed E-state index contributed by atoms with van der Waals surface area (Å²) in [6.07, 6.45) is 6.81. The van der Waals surface area contributed by atoms with E-state index < -0.39 is 0 Å². The van der Waals surface area contributed by atoms with Crippen molar-refractivity contribution < 1.29 is 4.74 Å². The van der Waals surface area contributed by atoms with Crippen molar-refractivity contribution in [1.82, 2.24) is 4.90 Å². The van der Waals surface area contributed by atoms with Crippen LogP contribution in [0.15, 0.2) is 18.2 Å². The molecule has 0 spiro atoms. The molecule has 1 heterocycles. The monoisotopic (exact) mass is 384 g/mol. The quantitative estimate of drug-likeness (QED) is 0.682. The molecule has 0 radical (unpaired) electrons. The lowest BCUT2D eigenvalue weighted by Crippen LogP contribution is -2.48. The van der Waals surface area contributed by atoms with E-state index in [1.54, 1.807) is 12.7 Å². The zero-order chi connectivity index (χ0) is 19.9. The predicted octanol–water partition coefficient (Wildman–Crippen LogP) is 5.33. The van der Waals surface area contributed by atoms with Crippen LogP contribution in [0.3, 0.4) is 0 Å². The summed E-state index contributed by atoms with van der Waals surface area (Å²) >= 11 is 0. The SMILES string of the molecule is COc1ccc(C2(C)CCC(C)(C)CC2C)c(N2CCN(CC3CC3)CC2)c1. The third-order valence-electron chi connectivity index (χ3n) is 8.01. The molecule has 2 saturated carbocycles. The average Bonchev–Trinajstić information content (AvgIpc) is 3.49. The predicted molar refractivity (Wildman–Crippen MR) is 119 cm³/mol. The Labute approximate surface area is 172 Å². The van der Waals surface area contributed by atoms with Crippen molar-refractivity contribution >= 4 is 5.69 Å². The van der Waals surface area contributed by atoms with Crippen LogP contribution < -0.4 is 9.64 Å². The van der Waals surface area contributed by atoms with Crippen molar-refractivity contribution in [3.05, 3.63) is 23.8 Å². The summed E-state index contributed by atoms with van der Waals surface area (Å²) in [5.41, 5.74) is 3.70. The molecule has 0 amide bonds. The van der Waals surface area contributed by atoms with Crippen LogP contribution >= 0.6 is 0 Å². The van der Waals surface area contributed by atoms with Crippen molar-refractivity contribution in [1.29, 1.82) is 0 Å². The van der Waals surface area contributed by atoms with Gasteiger partial charge in [-0.3, -0.25) is 4.90 Å². The maximum absolute atomic E-state index is 5.63. The first-order valence-corrected chi connectivity index (χ1v) is 11.5. The highest BCUT2D eigenvalue weighted by atomic mass is 16.5. The van der Waals surface area contributed by atoms with Crippen LogP contribution in [0.5, 0.6) is 5.75 Å². The van der Waals surface area contributed by atoms with E-state index in [4.69, 9.17) is 4.74 Å². The van der Waals surface area contributed by atoms with Crippen LogP contribution in [0.2, 0.25) is 0 Å². The van der Waals surface area contributed by atoms with E-state index in [-0.39, 0.29) is 5.41 Å².